The molecule has 1 aliphatic carbocycles. The highest BCUT2D eigenvalue weighted by molar-refractivity contribution is 5.56. The van der Waals surface area contributed by atoms with Crippen LogP contribution in [0.4, 0.5) is 5.69 Å². The summed E-state index contributed by atoms with van der Waals surface area (Å²) in [5.74, 6) is 0. The van der Waals surface area contributed by atoms with Crippen molar-refractivity contribution >= 4 is 5.69 Å². The number of benzene rings is 1. The summed E-state index contributed by atoms with van der Waals surface area (Å²) in [6, 6.07) is 9.08. The maximum Gasteiger partial charge on any atom is 0.101 e. The summed E-state index contributed by atoms with van der Waals surface area (Å²) >= 11 is 0. The summed E-state index contributed by atoms with van der Waals surface area (Å²) in [5, 5.41) is 30.6. The minimum Gasteiger partial charge on any atom is -0.391 e. The first-order chi connectivity index (χ1) is 8.24. The fourth-order valence-electron chi connectivity index (χ4n) is 2.15. The molecule has 2 rings (SSSR count). The molecular formula is C13H13N3O. The zero-order valence-electron chi connectivity index (χ0n) is 9.35. The summed E-state index contributed by atoms with van der Waals surface area (Å²) in [7, 11) is 0. The minimum absolute atomic E-state index is 0.0504. The van der Waals surface area contributed by atoms with Gasteiger partial charge in [0.15, 0.2) is 0 Å². The fourth-order valence-corrected chi connectivity index (χ4v) is 2.15. The van der Waals surface area contributed by atoms with Crippen LogP contribution in [-0.2, 0) is 0 Å². The Morgan fingerprint density at radius 2 is 1.94 bits per heavy atom. The summed E-state index contributed by atoms with van der Waals surface area (Å²) in [6.45, 7) is 0. The van der Waals surface area contributed by atoms with Gasteiger partial charge in [-0.15, -0.1) is 0 Å². The predicted molar refractivity (Wildman–Crippen MR) is 63.1 cm³/mol. The Morgan fingerprint density at radius 1 is 1.18 bits per heavy atom. The molecule has 4 nitrogen and oxygen atoms in total. The molecule has 17 heavy (non-hydrogen) atoms. The van der Waals surface area contributed by atoms with E-state index in [1.165, 1.54) is 0 Å². The van der Waals surface area contributed by atoms with E-state index in [1.807, 2.05) is 12.1 Å². The molecule has 1 aromatic rings. The molecule has 0 saturated heterocycles. The average Bonchev–Trinajstić information content (AvgIpc) is 2.75. The van der Waals surface area contributed by atoms with Crippen LogP contribution in [0.25, 0.3) is 0 Å². The van der Waals surface area contributed by atoms with Gasteiger partial charge in [-0.2, -0.15) is 10.5 Å². The van der Waals surface area contributed by atoms with Gasteiger partial charge in [0.05, 0.1) is 23.3 Å². The fraction of sp³-hybridized carbons (Fsp3) is 0.385. The minimum atomic E-state index is -0.323. The highest BCUT2D eigenvalue weighted by Gasteiger charge is 2.24. The molecule has 0 spiro atoms. The molecule has 0 bridgehead atoms. The average molecular weight is 227 g/mol. The first-order valence-electron chi connectivity index (χ1n) is 5.63. The lowest BCUT2D eigenvalue weighted by Crippen LogP contribution is -2.27. The number of rotatable bonds is 2. The molecule has 2 N–H and O–H groups in total. The van der Waals surface area contributed by atoms with Crippen LogP contribution < -0.4 is 5.32 Å². The number of nitrogens with one attached hydrogen (secondary N) is 1. The third kappa shape index (κ3) is 2.38. The van der Waals surface area contributed by atoms with Gasteiger partial charge < -0.3 is 10.4 Å². The van der Waals surface area contributed by atoms with Gasteiger partial charge in [0.2, 0.25) is 0 Å². The first kappa shape index (κ1) is 11.4. The normalized spacial score (nSPS) is 22.8. The lowest BCUT2D eigenvalue weighted by molar-refractivity contribution is 0.172. The number of hydrogen-bond donors (Lipinski definition) is 2. The largest absolute Gasteiger partial charge is 0.391 e. The number of aliphatic hydroxyl groups is 1. The topological polar surface area (TPSA) is 79.8 Å². The van der Waals surface area contributed by atoms with Crippen molar-refractivity contribution < 1.29 is 5.11 Å². The molecule has 1 aliphatic rings. The molecular weight excluding hydrogens is 214 g/mol. The number of hydrogen-bond acceptors (Lipinski definition) is 4. The zero-order chi connectivity index (χ0) is 12.3. The van der Waals surface area contributed by atoms with Crippen molar-refractivity contribution in [1.82, 2.24) is 0 Å². The maximum absolute atomic E-state index is 9.70. The molecule has 1 fully saturated rings. The lowest BCUT2D eigenvalue weighted by atomic mass is 10.1. The van der Waals surface area contributed by atoms with E-state index in [0.29, 0.717) is 11.1 Å². The van der Waals surface area contributed by atoms with Gasteiger partial charge in [-0.25, -0.2) is 0 Å². The van der Waals surface area contributed by atoms with Crippen molar-refractivity contribution in [2.45, 2.75) is 31.4 Å². The maximum atomic E-state index is 9.70. The molecule has 1 aromatic carbocycles. The van der Waals surface area contributed by atoms with E-state index >= 15 is 0 Å². The van der Waals surface area contributed by atoms with E-state index < -0.39 is 0 Å². The molecule has 0 aliphatic heterocycles. The Bertz CT molecular complexity index is 498. The smallest absolute Gasteiger partial charge is 0.101 e. The van der Waals surface area contributed by atoms with Crippen molar-refractivity contribution in [3.05, 3.63) is 29.3 Å². The van der Waals surface area contributed by atoms with E-state index in [-0.39, 0.29) is 12.1 Å². The van der Waals surface area contributed by atoms with Gasteiger partial charge in [-0.05, 0) is 37.5 Å². The van der Waals surface area contributed by atoms with Gasteiger partial charge in [0.1, 0.15) is 12.1 Å². The van der Waals surface area contributed by atoms with Crippen LogP contribution in [0.2, 0.25) is 0 Å². The van der Waals surface area contributed by atoms with Gasteiger partial charge >= 0.3 is 0 Å². The van der Waals surface area contributed by atoms with Crippen LogP contribution in [0.15, 0.2) is 18.2 Å². The number of aliphatic hydroxyl groups excluding tert-OH is 1. The van der Waals surface area contributed by atoms with E-state index in [2.05, 4.69) is 5.32 Å². The van der Waals surface area contributed by atoms with Gasteiger partial charge in [-0.3, -0.25) is 0 Å². The first-order valence-corrected chi connectivity index (χ1v) is 5.63. The standard InChI is InChI=1S/C13H13N3O/c14-7-9-4-5-11(6-10(9)8-15)16-12-2-1-3-13(12)17/h4-6,12-13,16-17H,1-3H2. The van der Waals surface area contributed by atoms with Crippen molar-refractivity contribution in [1.29, 1.82) is 10.5 Å². The van der Waals surface area contributed by atoms with E-state index in [0.717, 1.165) is 24.9 Å². The van der Waals surface area contributed by atoms with Crippen molar-refractivity contribution in [2.24, 2.45) is 0 Å². The second kappa shape index (κ2) is 4.86. The summed E-state index contributed by atoms with van der Waals surface area (Å²) < 4.78 is 0. The molecule has 4 heteroatoms. The summed E-state index contributed by atoms with van der Waals surface area (Å²) in [4.78, 5) is 0. The molecule has 2 atom stereocenters. The quantitative estimate of drug-likeness (QED) is 0.806. The second-order valence-electron chi connectivity index (χ2n) is 4.23. The Labute approximate surface area is 100 Å². The molecule has 0 amide bonds. The molecule has 0 radical (unpaired) electrons. The van der Waals surface area contributed by atoms with Crippen molar-refractivity contribution in [3.8, 4) is 12.1 Å². The third-order valence-electron chi connectivity index (χ3n) is 3.09. The SMILES string of the molecule is N#Cc1ccc(NC2CCCC2O)cc1C#N. The molecule has 1 saturated carbocycles. The summed E-state index contributed by atoms with van der Waals surface area (Å²) in [5.41, 5.74) is 1.53. The Kier molecular flexibility index (Phi) is 3.27. The Hall–Kier alpha value is -2.04. The van der Waals surface area contributed by atoms with Gasteiger partial charge in [0.25, 0.3) is 0 Å². The molecule has 0 heterocycles. The highest BCUT2D eigenvalue weighted by atomic mass is 16.3. The van der Waals surface area contributed by atoms with Crippen LogP contribution >= 0.6 is 0 Å². The van der Waals surface area contributed by atoms with Crippen molar-refractivity contribution in [2.75, 3.05) is 5.32 Å². The third-order valence-corrected chi connectivity index (χ3v) is 3.09. The van der Waals surface area contributed by atoms with Crippen LogP contribution in [0.3, 0.4) is 0 Å². The number of anilines is 1. The van der Waals surface area contributed by atoms with E-state index in [9.17, 15) is 5.11 Å². The van der Waals surface area contributed by atoms with E-state index in [1.54, 1.807) is 18.2 Å². The summed E-state index contributed by atoms with van der Waals surface area (Å²) in [6.07, 6.45) is 2.44. The van der Waals surface area contributed by atoms with E-state index in [4.69, 9.17) is 10.5 Å². The molecule has 0 aromatic heterocycles. The van der Waals surface area contributed by atoms with Crippen LogP contribution in [0, 0.1) is 22.7 Å². The molecule has 2 unspecified atom stereocenters. The highest BCUT2D eigenvalue weighted by Crippen LogP contribution is 2.24. The van der Waals surface area contributed by atoms with Gasteiger partial charge in [-0.1, -0.05) is 0 Å². The lowest BCUT2D eigenvalue weighted by Gasteiger charge is -2.17. The van der Waals surface area contributed by atoms with Crippen LogP contribution in [0.1, 0.15) is 30.4 Å². The van der Waals surface area contributed by atoms with Crippen LogP contribution in [-0.4, -0.2) is 17.3 Å². The van der Waals surface area contributed by atoms with Crippen molar-refractivity contribution in [3.63, 3.8) is 0 Å². The monoisotopic (exact) mass is 227 g/mol. The second-order valence-corrected chi connectivity index (χ2v) is 4.23. The predicted octanol–water partition coefficient (Wildman–Crippen LogP) is 1.76. The Morgan fingerprint density at radius 3 is 2.53 bits per heavy atom. The number of nitrogens with zero attached hydrogens (tertiary/aromatic N) is 2. The molecule has 86 valence electrons. The number of nitriles is 2. The van der Waals surface area contributed by atoms with Crippen LogP contribution in [0.5, 0.6) is 0 Å². The Balaban J connectivity index is 2.18. The zero-order valence-corrected chi connectivity index (χ0v) is 9.35. The van der Waals surface area contributed by atoms with Gasteiger partial charge in [0, 0.05) is 5.69 Å².